The summed E-state index contributed by atoms with van der Waals surface area (Å²) in [4.78, 5) is 32.2. The molecule has 2 heterocycles. The summed E-state index contributed by atoms with van der Waals surface area (Å²) in [6.07, 6.45) is 9.43. The molecule has 4 rings (SSSR count). The summed E-state index contributed by atoms with van der Waals surface area (Å²) < 4.78 is 28.9. The fourth-order valence-corrected chi connectivity index (χ4v) is 4.95. The van der Waals surface area contributed by atoms with Crippen molar-refractivity contribution in [1.82, 2.24) is 19.8 Å². The maximum Gasteiger partial charge on any atom is 0.248 e. The molecule has 2 N–H and O–H groups in total. The molecule has 34 heavy (non-hydrogen) atoms. The van der Waals surface area contributed by atoms with Gasteiger partial charge in [0, 0.05) is 24.8 Å². The number of hydrogen-bond acceptors (Lipinski definition) is 4. The molecule has 1 aliphatic carbocycles. The molecule has 1 aromatic carbocycles. The highest BCUT2D eigenvalue weighted by Crippen LogP contribution is 2.39. The second-order valence-corrected chi connectivity index (χ2v) is 9.47. The molecule has 2 amide bonds. The van der Waals surface area contributed by atoms with Crippen LogP contribution in [0.2, 0.25) is 0 Å². The minimum absolute atomic E-state index is 0.211. The predicted octanol–water partition coefficient (Wildman–Crippen LogP) is 3.67. The fraction of sp³-hybridized carbons (Fsp3) is 0.560. The van der Waals surface area contributed by atoms with E-state index in [9.17, 15) is 18.4 Å². The second kappa shape index (κ2) is 11.1. The standard InChI is InChI=1S/C25H33F2N5O2/c1-2-5-21(29-24(33)12-17-10-19(26)13-20(27)11-17)25(34)30-23-15-32(16-28-23)22-7-6-18(22)14-31-8-3-4-9-31/h10-11,13,15-16,18,21-22H,2-9,12,14H2,1H3,(H,29,33)(H,30,34)/t18?,21-,22?/m0/s1. The Morgan fingerprint density at radius 3 is 2.53 bits per heavy atom. The van der Waals surface area contributed by atoms with Crippen molar-refractivity contribution in [1.29, 1.82) is 0 Å². The first kappa shape index (κ1) is 24.3. The Balaban J connectivity index is 1.31. The van der Waals surface area contributed by atoms with Crippen molar-refractivity contribution >= 4 is 17.6 Å². The number of carbonyl (C=O) groups is 2. The number of rotatable bonds is 10. The highest BCUT2D eigenvalue weighted by atomic mass is 19.1. The highest BCUT2D eigenvalue weighted by Gasteiger charge is 2.34. The molecular weight excluding hydrogens is 440 g/mol. The third-order valence-corrected chi connectivity index (χ3v) is 6.82. The van der Waals surface area contributed by atoms with E-state index in [2.05, 4.69) is 25.1 Å². The van der Waals surface area contributed by atoms with Crippen molar-refractivity contribution in [2.75, 3.05) is 25.0 Å². The molecule has 3 atom stereocenters. The largest absolute Gasteiger partial charge is 0.344 e. The summed E-state index contributed by atoms with van der Waals surface area (Å²) in [6.45, 7) is 5.41. The fourth-order valence-electron chi connectivity index (χ4n) is 4.95. The number of nitrogens with one attached hydrogen (secondary N) is 2. The number of likely N-dealkylation sites (tertiary alicyclic amines) is 1. The maximum absolute atomic E-state index is 13.4. The molecule has 0 radical (unpaired) electrons. The molecule has 1 saturated heterocycles. The van der Waals surface area contributed by atoms with Gasteiger partial charge in [-0.1, -0.05) is 13.3 Å². The van der Waals surface area contributed by atoms with Crippen molar-refractivity contribution in [2.45, 2.75) is 64.0 Å². The number of hydrogen-bond donors (Lipinski definition) is 2. The molecule has 1 aromatic heterocycles. The van der Waals surface area contributed by atoms with Crippen molar-refractivity contribution in [3.05, 3.63) is 47.9 Å². The van der Waals surface area contributed by atoms with Crippen molar-refractivity contribution in [3.8, 4) is 0 Å². The van der Waals surface area contributed by atoms with Crippen LogP contribution in [0.15, 0.2) is 30.7 Å². The zero-order valence-electron chi connectivity index (χ0n) is 19.6. The van der Waals surface area contributed by atoms with Gasteiger partial charge in [-0.15, -0.1) is 0 Å². The van der Waals surface area contributed by atoms with Gasteiger partial charge < -0.3 is 20.1 Å². The molecule has 2 fully saturated rings. The van der Waals surface area contributed by atoms with Crippen LogP contribution in [-0.4, -0.2) is 51.9 Å². The lowest BCUT2D eigenvalue weighted by Crippen LogP contribution is -2.44. The lowest BCUT2D eigenvalue weighted by Gasteiger charge is -2.39. The zero-order chi connectivity index (χ0) is 24.1. The van der Waals surface area contributed by atoms with Crippen LogP contribution in [0.3, 0.4) is 0 Å². The summed E-state index contributed by atoms with van der Waals surface area (Å²) >= 11 is 0. The van der Waals surface area contributed by atoms with E-state index in [1.807, 2.05) is 13.1 Å². The lowest BCUT2D eigenvalue weighted by atomic mass is 9.79. The third-order valence-electron chi connectivity index (χ3n) is 6.82. The van der Waals surface area contributed by atoms with Crippen LogP contribution < -0.4 is 10.6 Å². The zero-order valence-corrected chi connectivity index (χ0v) is 19.6. The second-order valence-electron chi connectivity index (χ2n) is 9.47. The first-order chi connectivity index (χ1) is 16.4. The van der Waals surface area contributed by atoms with Gasteiger partial charge in [0.15, 0.2) is 5.82 Å². The number of carbonyl (C=O) groups excluding carboxylic acids is 2. The molecule has 1 aliphatic heterocycles. The van der Waals surface area contributed by atoms with E-state index >= 15 is 0 Å². The normalized spacial score (nSPS) is 21.1. The molecule has 0 spiro atoms. The van der Waals surface area contributed by atoms with E-state index in [1.165, 1.54) is 32.4 Å². The SMILES string of the molecule is CCC[C@H](NC(=O)Cc1cc(F)cc(F)c1)C(=O)Nc1cn(C2CCC2CN2CCCC2)cn1. The highest BCUT2D eigenvalue weighted by molar-refractivity contribution is 5.96. The Morgan fingerprint density at radius 2 is 1.88 bits per heavy atom. The molecule has 9 heteroatoms. The van der Waals surface area contributed by atoms with Gasteiger partial charge in [-0.25, -0.2) is 13.8 Å². The number of imidazole rings is 1. The quantitative estimate of drug-likeness (QED) is 0.552. The minimum atomic E-state index is -0.757. The van der Waals surface area contributed by atoms with Gasteiger partial charge >= 0.3 is 0 Å². The summed E-state index contributed by atoms with van der Waals surface area (Å²) in [6, 6.07) is 2.62. The van der Waals surface area contributed by atoms with Crippen molar-refractivity contribution in [3.63, 3.8) is 0 Å². The van der Waals surface area contributed by atoms with E-state index in [0.29, 0.717) is 30.6 Å². The monoisotopic (exact) mass is 473 g/mol. The van der Waals surface area contributed by atoms with Gasteiger partial charge in [-0.05, 0) is 68.8 Å². The van der Waals surface area contributed by atoms with Gasteiger partial charge in [0.2, 0.25) is 11.8 Å². The van der Waals surface area contributed by atoms with Gasteiger partial charge in [0.05, 0.1) is 12.7 Å². The average Bonchev–Trinajstić information content (AvgIpc) is 3.42. The molecule has 2 unspecified atom stereocenters. The number of halogens is 2. The minimum Gasteiger partial charge on any atom is -0.344 e. The van der Waals surface area contributed by atoms with E-state index < -0.39 is 23.6 Å². The van der Waals surface area contributed by atoms with Crippen LogP contribution in [0, 0.1) is 17.6 Å². The molecule has 0 bridgehead atoms. The van der Waals surface area contributed by atoms with E-state index in [0.717, 1.165) is 31.2 Å². The summed E-state index contributed by atoms with van der Waals surface area (Å²) in [7, 11) is 0. The average molecular weight is 474 g/mol. The smallest absolute Gasteiger partial charge is 0.248 e. The number of benzene rings is 1. The van der Waals surface area contributed by atoms with Crippen LogP contribution in [0.5, 0.6) is 0 Å². The van der Waals surface area contributed by atoms with Crippen LogP contribution in [0.1, 0.15) is 57.1 Å². The molecular formula is C25H33F2N5O2. The Hall–Kier alpha value is -2.81. The first-order valence-electron chi connectivity index (χ1n) is 12.2. The van der Waals surface area contributed by atoms with Gasteiger partial charge in [0.25, 0.3) is 0 Å². The number of aromatic nitrogens is 2. The third kappa shape index (κ3) is 6.20. The Bertz CT molecular complexity index is 985. The summed E-state index contributed by atoms with van der Waals surface area (Å²) in [5, 5.41) is 5.50. The van der Waals surface area contributed by atoms with Crippen LogP contribution in [0.4, 0.5) is 14.6 Å². The summed E-state index contributed by atoms with van der Waals surface area (Å²) in [5.74, 6) is -1.24. The van der Waals surface area contributed by atoms with Crippen LogP contribution in [-0.2, 0) is 16.0 Å². The topological polar surface area (TPSA) is 79.3 Å². The molecule has 1 saturated carbocycles. The Morgan fingerprint density at radius 1 is 1.15 bits per heavy atom. The van der Waals surface area contributed by atoms with Gasteiger partial charge in [-0.3, -0.25) is 9.59 Å². The lowest BCUT2D eigenvalue weighted by molar-refractivity contribution is -0.126. The van der Waals surface area contributed by atoms with E-state index in [-0.39, 0.29) is 17.9 Å². The number of nitrogens with zero attached hydrogens (tertiary/aromatic N) is 3. The number of anilines is 1. The molecule has 2 aromatic rings. The maximum atomic E-state index is 13.4. The number of amides is 2. The van der Waals surface area contributed by atoms with Gasteiger partial charge in [-0.2, -0.15) is 0 Å². The first-order valence-corrected chi connectivity index (χ1v) is 12.2. The van der Waals surface area contributed by atoms with Gasteiger partial charge in [0.1, 0.15) is 17.7 Å². The summed E-state index contributed by atoms with van der Waals surface area (Å²) in [5.41, 5.74) is 0.216. The molecule has 7 nitrogen and oxygen atoms in total. The van der Waals surface area contributed by atoms with Crippen molar-refractivity contribution < 1.29 is 18.4 Å². The Labute approximate surface area is 198 Å². The molecule has 2 aliphatic rings. The Kier molecular flexibility index (Phi) is 7.92. The van der Waals surface area contributed by atoms with E-state index in [4.69, 9.17) is 0 Å². The molecule has 184 valence electrons. The van der Waals surface area contributed by atoms with Crippen LogP contribution >= 0.6 is 0 Å². The van der Waals surface area contributed by atoms with Crippen molar-refractivity contribution in [2.24, 2.45) is 5.92 Å². The predicted molar refractivity (Wildman–Crippen MR) is 125 cm³/mol. The van der Waals surface area contributed by atoms with Crippen LogP contribution in [0.25, 0.3) is 0 Å². The van der Waals surface area contributed by atoms with E-state index in [1.54, 1.807) is 6.33 Å².